The number of rotatable bonds is 1. The Kier molecular flexibility index (Phi) is 2.46. The van der Waals surface area contributed by atoms with Crippen LogP contribution in [0.25, 0.3) is 0 Å². The number of esters is 1. The predicted molar refractivity (Wildman–Crippen MR) is 37.5 cm³/mol. The molecule has 4 heteroatoms. The van der Waals surface area contributed by atoms with Gasteiger partial charge in [-0.15, -0.1) is 0 Å². The molecule has 1 N–H and O–H groups in total. The molecule has 1 atom stereocenters. The van der Waals surface area contributed by atoms with Crippen molar-refractivity contribution in [2.24, 2.45) is 0 Å². The molecule has 1 heterocycles. The smallest absolute Gasteiger partial charge is 0.304 e. The number of amides is 1. The van der Waals surface area contributed by atoms with Crippen LogP contribution in [0.3, 0.4) is 0 Å². The van der Waals surface area contributed by atoms with Crippen LogP contribution in [0.1, 0.15) is 26.2 Å². The predicted octanol–water partition coefficient (Wildman–Crippen LogP) is 0.176. The molecule has 0 aliphatic carbocycles. The highest BCUT2D eigenvalue weighted by Gasteiger charge is 2.19. The zero-order chi connectivity index (χ0) is 8.27. The molecule has 0 spiro atoms. The summed E-state index contributed by atoms with van der Waals surface area (Å²) >= 11 is 0. The van der Waals surface area contributed by atoms with Crippen molar-refractivity contribution in [3.8, 4) is 0 Å². The van der Waals surface area contributed by atoms with E-state index in [4.69, 9.17) is 4.74 Å². The van der Waals surface area contributed by atoms with Crippen LogP contribution in [0.4, 0.5) is 0 Å². The average molecular weight is 157 g/mol. The van der Waals surface area contributed by atoms with E-state index in [9.17, 15) is 9.59 Å². The maximum Gasteiger partial charge on any atom is 0.304 e. The van der Waals surface area contributed by atoms with E-state index in [1.165, 1.54) is 6.92 Å². The van der Waals surface area contributed by atoms with E-state index in [1.54, 1.807) is 0 Å². The highest BCUT2D eigenvalue weighted by atomic mass is 16.6. The molecule has 11 heavy (non-hydrogen) atoms. The Morgan fingerprint density at radius 2 is 2.45 bits per heavy atom. The fourth-order valence-electron chi connectivity index (χ4n) is 1.06. The quantitative estimate of drug-likeness (QED) is 0.552. The van der Waals surface area contributed by atoms with Gasteiger partial charge in [0.2, 0.25) is 5.91 Å². The standard InChI is InChI=1S/C7H11NO3/c1-5(9)11-7-4-2-3-6(10)8-7/h7H,2-4H2,1H3,(H,8,10). The summed E-state index contributed by atoms with van der Waals surface area (Å²) in [5, 5.41) is 2.57. The highest BCUT2D eigenvalue weighted by molar-refractivity contribution is 5.77. The minimum atomic E-state index is -0.395. The average Bonchev–Trinajstić information content (AvgIpc) is 1.85. The van der Waals surface area contributed by atoms with E-state index in [2.05, 4.69) is 5.32 Å². The van der Waals surface area contributed by atoms with E-state index in [0.717, 1.165) is 12.8 Å². The van der Waals surface area contributed by atoms with Gasteiger partial charge in [-0.2, -0.15) is 0 Å². The number of carbonyl (C=O) groups is 2. The van der Waals surface area contributed by atoms with E-state index < -0.39 is 6.23 Å². The van der Waals surface area contributed by atoms with Gasteiger partial charge in [0.1, 0.15) is 0 Å². The minimum absolute atomic E-state index is 0.0394. The maximum absolute atomic E-state index is 10.8. The molecule has 0 saturated carbocycles. The van der Waals surface area contributed by atoms with E-state index in [0.29, 0.717) is 6.42 Å². The van der Waals surface area contributed by atoms with Gasteiger partial charge >= 0.3 is 5.97 Å². The van der Waals surface area contributed by atoms with Crippen LogP contribution >= 0.6 is 0 Å². The second kappa shape index (κ2) is 3.37. The molecule has 1 aliphatic heterocycles. The monoisotopic (exact) mass is 157 g/mol. The third kappa shape index (κ3) is 2.57. The van der Waals surface area contributed by atoms with Crippen LogP contribution in [0.2, 0.25) is 0 Å². The molecule has 1 aliphatic rings. The maximum atomic E-state index is 10.8. The van der Waals surface area contributed by atoms with Crippen LogP contribution in [0, 0.1) is 0 Å². The summed E-state index contributed by atoms with van der Waals surface area (Å²) in [4.78, 5) is 21.2. The first-order valence-electron chi connectivity index (χ1n) is 3.65. The minimum Gasteiger partial charge on any atom is -0.442 e. The summed E-state index contributed by atoms with van der Waals surface area (Å²) < 4.78 is 4.79. The number of carbonyl (C=O) groups excluding carboxylic acids is 2. The van der Waals surface area contributed by atoms with Crippen molar-refractivity contribution in [1.82, 2.24) is 5.32 Å². The van der Waals surface area contributed by atoms with Crippen molar-refractivity contribution in [3.05, 3.63) is 0 Å². The van der Waals surface area contributed by atoms with E-state index in [-0.39, 0.29) is 11.9 Å². The molecular formula is C7H11NO3. The number of nitrogens with one attached hydrogen (secondary N) is 1. The van der Waals surface area contributed by atoms with Crippen LogP contribution < -0.4 is 5.32 Å². The Morgan fingerprint density at radius 3 is 3.00 bits per heavy atom. The van der Waals surface area contributed by atoms with Crippen LogP contribution in [0.15, 0.2) is 0 Å². The van der Waals surface area contributed by atoms with Gasteiger partial charge in [-0.1, -0.05) is 0 Å². The second-order valence-corrected chi connectivity index (χ2v) is 2.56. The molecule has 1 fully saturated rings. The summed E-state index contributed by atoms with van der Waals surface area (Å²) in [5.41, 5.74) is 0. The zero-order valence-corrected chi connectivity index (χ0v) is 6.42. The topological polar surface area (TPSA) is 55.4 Å². The van der Waals surface area contributed by atoms with Crippen LogP contribution in [0.5, 0.6) is 0 Å². The highest BCUT2D eigenvalue weighted by Crippen LogP contribution is 2.08. The fourth-order valence-corrected chi connectivity index (χ4v) is 1.06. The molecule has 0 aromatic carbocycles. The summed E-state index contributed by atoms with van der Waals surface area (Å²) in [7, 11) is 0. The van der Waals surface area contributed by atoms with Gasteiger partial charge in [0.25, 0.3) is 0 Å². The summed E-state index contributed by atoms with van der Waals surface area (Å²) in [6.45, 7) is 1.33. The zero-order valence-electron chi connectivity index (χ0n) is 6.42. The van der Waals surface area contributed by atoms with Gasteiger partial charge in [-0.3, -0.25) is 9.59 Å². The van der Waals surface area contributed by atoms with Crippen molar-refractivity contribution in [2.75, 3.05) is 0 Å². The van der Waals surface area contributed by atoms with Crippen molar-refractivity contribution in [2.45, 2.75) is 32.4 Å². The normalized spacial score (nSPS) is 24.1. The Bertz CT molecular complexity index is 177. The van der Waals surface area contributed by atoms with Crippen molar-refractivity contribution >= 4 is 11.9 Å². The third-order valence-electron chi connectivity index (χ3n) is 1.50. The van der Waals surface area contributed by atoms with Gasteiger partial charge in [0.05, 0.1) is 0 Å². The number of hydrogen-bond donors (Lipinski definition) is 1. The van der Waals surface area contributed by atoms with E-state index >= 15 is 0 Å². The number of hydrogen-bond acceptors (Lipinski definition) is 3. The van der Waals surface area contributed by atoms with Gasteiger partial charge in [-0.05, 0) is 6.42 Å². The molecule has 0 bridgehead atoms. The third-order valence-corrected chi connectivity index (χ3v) is 1.50. The first-order chi connectivity index (χ1) is 5.18. The summed E-state index contributed by atoms with van der Waals surface area (Å²) in [6, 6.07) is 0. The molecule has 1 rings (SSSR count). The van der Waals surface area contributed by atoms with Gasteiger partial charge in [-0.25, -0.2) is 0 Å². The van der Waals surface area contributed by atoms with Crippen LogP contribution in [-0.2, 0) is 14.3 Å². The Labute approximate surface area is 64.9 Å². The first kappa shape index (κ1) is 8.04. The first-order valence-corrected chi connectivity index (χ1v) is 3.65. The largest absolute Gasteiger partial charge is 0.442 e. The molecule has 62 valence electrons. The molecule has 1 unspecified atom stereocenters. The molecule has 4 nitrogen and oxygen atoms in total. The van der Waals surface area contributed by atoms with Crippen LogP contribution in [-0.4, -0.2) is 18.1 Å². The summed E-state index contributed by atoms with van der Waals surface area (Å²) in [5.74, 6) is -0.389. The molecule has 1 saturated heterocycles. The number of piperidine rings is 1. The Hall–Kier alpha value is -1.06. The van der Waals surface area contributed by atoms with Crippen molar-refractivity contribution in [3.63, 3.8) is 0 Å². The molecule has 0 aromatic heterocycles. The fraction of sp³-hybridized carbons (Fsp3) is 0.714. The van der Waals surface area contributed by atoms with E-state index in [1.807, 2.05) is 0 Å². The SMILES string of the molecule is CC(=O)OC1CCCC(=O)N1. The lowest BCUT2D eigenvalue weighted by molar-refractivity contribution is -0.151. The van der Waals surface area contributed by atoms with Gasteiger partial charge < -0.3 is 10.1 Å². The Morgan fingerprint density at radius 1 is 1.73 bits per heavy atom. The molecular weight excluding hydrogens is 146 g/mol. The van der Waals surface area contributed by atoms with Crippen molar-refractivity contribution < 1.29 is 14.3 Å². The van der Waals surface area contributed by atoms with Crippen molar-refractivity contribution in [1.29, 1.82) is 0 Å². The molecule has 0 radical (unpaired) electrons. The molecule has 0 aromatic rings. The lowest BCUT2D eigenvalue weighted by Crippen LogP contribution is -2.41. The van der Waals surface area contributed by atoms with Gasteiger partial charge in [0.15, 0.2) is 6.23 Å². The lowest BCUT2D eigenvalue weighted by atomic mass is 10.1. The number of ether oxygens (including phenoxy) is 1. The lowest BCUT2D eigenvalue weighted by Gasteiger charge is -2.22. The second-order valence-electron chi connectivity index (χ2n) is 2.56. The Balaban J connectivity index is 2.34. The molecule has 1 amide bonds. The summed E-state index contributed by atoms with van der Waals surface area (Å²) in [6.07, 6.45) is 1.67. The van der Waals surface area contributed by atoms with Gasteiger partial charge in [0, 0.05) is 19.8 Å².